The van der Waals surface area contributed by atoms with E-state index < -0.39 is 0 Å². The molecule has 92 valence electrons. The standard InChI is InChI=1S/C12H20N2S.ClH/c1-12(5-6-13-9-12)10-14(2)8-11-4-3-7-15-11;/h3-4,7,13H,5-6,8-10H2,1-2H3;1H. The highest BCUT2D eigenvalue weighted by atomic mass is 35.5. The maximum atomic E-state index is 3.45. The molecule has 0 aromatic carbocycles. The van der Waals surface area contributed by atoms with Crippen molar-refractivity contribution in [3.63, 3.8) is 0 Å². The number of nitrogens with zero attached hydrogens (tertiary/aromatic N) is 1. The number of hydrogen-bond donors (Lipinski definition) is 1. The van der Waals surface area contributed by atoms with E-state index in [1.165, 1.54) is 30.9 Å². The van der Waals surface area contributed by atoms with Gasteiger partial charge in [0.05, 0.1) is 0 Å². The summed E-state index contributed by atoms with van der Waals surface area (Å²) in [6, 6.07) is 4.35. The van der Waals surface area contributed by atoms with Crippen LogP contribution in [0, 0.1) is 5.41 Å². The van der Waals surface area contributed by atoms with E-state index in [1.54, 1.807) is 0 Å². The highest BCUT2D eigenvalue weighted by Gasteiger charge is 2.29. The van der Waals surface area contributed by atoms with Gasteiger partial charge in [-0.1, -0.05) is 13.0 Å². The molecule has 1 aliphatic heterocycles. The summed E-state index contributed by atoms with van der Waals surface area (Å²) in [5.74, 6) is 0. The zero-order valence-corrected chi connectivity index (χ0v) is 11.7. The first-order valence-corrected chi connectivity index (χ1v) is 6.48. The summed E-state index contributed by atoms with van der Waals surface area (Å²) >= 11 is 1.85. The van der Waals surface area contributed by atoms with Crippen LogP contribution in [0.25, 0.3) is 0 Å². The van der Waals surface area contributed by atoms with Gasteiger partial charge in [0.15, 0.2) is 0 Å². The van der Waals surface area contributed by atoms with Crippen LogP contribution in [-0.4, -0.2) is 31.6 Å². The predicted octanol–water partition coefficient (Wildman–Crippen LogP) is 2.60. The Balaban J connectivity index is 0.00000128. The van der Waals surface area contributed by atoms with Crippen LogP contribution in [0.3, 0.4) is 0 Å². The summed E-state index contributed by atoms with van der Waals surface area (Å²) < 4.78 is 0. The van der Waals surface area contributed by atoms with E-state index in [-0.39, 0.29) is 12.4 Å². The molecule has 0 spiro atoms. The summed E-state index contributed by atoms with van der Waals surface area (Å²) in [5.41, 5.74) is 0.478. The number of thiophene rings is 1. The van der Waals surface area contributed by atoms with E-state index in [9.17, 15) is 0 Å². The zero-order valence-electron chi connectivity index (χ0n) is 10.0. The molecule has 0 amide bonds. The molecule has 1 aromatic heterocycles. The molecular weight excluding hydrogens is 240 g/mol. The lowest BCUT2D eigenvalue weighted by Crippen LogP contribution is -2.34. The lowest BCUT2D eigenvalue weighted by molar-refractivity contribution is 0.204. The Kier molecular flexibility index (Phi) is 5.25. The van der Waals surface area contributed by atoms with Gasteiger partial charge in [-0.3, -0.25) is 0 Å². The van der Waals surface area contributed by atoms with Crippen LogP contribution in [0.5, 0.6) is 0 Å². The molecule has 1 unspecified atom stereocenters. The van der Waals surface area contributed by atoms with E-state index in [0.717, 1.165) is 6.54 Å². The maximum Gasteiger partial charge on any atom is 0.0325 e. The van der Waals surface area contributed by atoms with Crippen molar-refractivity contribution in [1.29, 1.82) is 0 Å². The average molecular weight is 261 g/mol. The lowest BCUT2D eigenvalue weighted by atomic mass is 9.89. The molecule has 1 aliphatic rings. The zero-order chi connectivity index (χ0) is 10.7. The third kappa shape index (κ3) is 3.74. The fourth-order valence-corrected chi connectivity index (χ4v) is 3.16. The fraction of sp³-hybridized carbons (Fsp3) is 0.667. The summed E-state index contributed by atoms with van der Waals surface area (Å²) in [4.78, 5) is 3.91. The largest absolute Gasteiger partial charge is 0.316 e. The first-order chi connectivity index (χ1) is 7.18. The summed E-state index contributed by atoms with van der Waals surface area (Å²) in [5, 5.41) is 5.61. The van der Waals surface area contributed by atoms with Crippen LogP contribution in [0.4, 0.5) is 0 Å². The van der Waals surface area contributed by atoms with Crippen LogP contribution in [0.1, 0.15) is 18.2 Å². The van der Waals surface area contributed by atoms with Gasteiger partial charge in [-0.25, -0.2) is 0 Å². The molecule has 1 aromatic rings. The van der Waals surface area contributed by atoms with Crippen molar-refractivity contribution in [2.75, 3.05) is 26.7 Å². The van der Waals surface area contributed by atoms with E-state index >= 15 is 0 Å². The Labute approximate surface area is 108 Å². The summed E-state index contributed by atoms with van der Waals surface area (Å²) in [6.07, 6.45) is 1.31. The van der Waals surface area contributed by atoms with E-state index in [2.05, 4.69) is 41.7 Å². The van der Waals surface area contributed by atoms with Crippen molar-refractivity contribution in [2.24, 2.45) is 5.41 Å². The highest BCUT2D eigenvalue weighted by molar-refractivity contribution is 7.09. The van der Waals surface area contributed by atoms with Crippen molar-refractivity contribution >= 4 is 23.7 Å². The monoisotopic (exact) mass is 260 g/mol. The van der Waals surface area contributed by atoms with Crippen LogP contribution >= 0.6 is 23.7 Å². The number of rotatable bonds is 4. The highest BCUT2D eigenvalue weighted by Crippen LogP contribution is 2.26. The molecule has 4 heteroatoms. The second-order valence-electron chi connectivity index (χ2n) is 4.99. The molecule has 1 fully saturated rings. The van der Waals surface area contributed by atoms with Gasteiger partial charge in [-0.05, 0) is 36.9 Å². The van der Waals surface area contributed by atoms with Gasteiger partial charge >= 0.3 is 0 Å². The molecule has 2 nitrogen and oxygen atoms in total. The van der Waals surface area contributed by atoms with Crippen molar-refractivity contribution in [1.82, 2.24) is 10.2 Å². The minimum atomic E-state index is 0. The van der Waals surface area contributed by atoms with E-state index in [1.807, 2.05) is 11.3 Å². The molecular formula is C12H21ClN2S. The summed E-state index contributed by atoms with van der Waals surface area (Å²) in [6.45, 7) is 7.02. The third-order valence-corrected chi connectivity index (χ3v) is 3.98. The minimum Gasteiger partial charge on any atom is -0.316 e. The van der Waals surface area contributed by atoms with Crippen molar-refractivity contribution in [2.45, 2.75) is 19.9 Å². The van der Waals surface area contributed by atoms with Crippen LogP contribution in [-0.2, 0) is 6.54 Å². The van der Waals surface area contributed by atoms with Crippen LogP contribution in [0.15, 0.2) is 17.5 Å². The Hall–Kier alpha value is -0.0900. The molecule has 1 saturated heterocycles. The van der Waals surface area contributed by atoms with Gasteiger partial charge < -0.3 is 10.2 Å². The molecule has 2 rings (SSSR count). The first kappa shape index (κ1) is 14.0. The van der Waals surface area contributed by atoms with Gasteiger partial charge in [0, 0.05) is 24.5 Å². The Morgan fingerprint density at radius 1 is 1.56 bits per heavy atom. The normalized spacial score (nSPS) is 24.7. The molecule has 0 saturated carbocycles. The van der Waals surface area contributed by atoms with Gasteiger partial charge in [0.25, 0.3) is 0 Å². The third-order valence-electron chi connectivity index (χ3n) is 3.11. The van der Waals surface area contributed by atoms with Crippen LogP contribution in [0.2, 0.25) is 0 Å². The quantitative estimate of drug-likeness (QED) is 0.895. The molecule has 1 atom stereocenters. The van der Waals surface area contributed by atoms with Gasteiger partial charge in [0.2, 0.25) is 0 Å². The number of hydrogen-bond acceptors (Lipinski definition) is 3. The molecule has 0 bridgehead atoms. The first-order valence-electron chi connectivity index (χ1n) is 5.60. The van der Waals surface area contributed by atoms with Crippen LogP contribution < -0.4 is 5.32 Å². The Morgan fingerprint density at radius 2 is 2.38 bits per heavy atom. The lowest BCUT2D eigenvalue weighted by Gasteiger charge is -2.28. The molecule has 2 heterocycles. The average Bonchev–Trinajstić information content (AvgIpc) is 2.76. The van der Waals surface area contributed by atoms with E-state index in [0.29, 0.717) is 5.41 Å². The van der Waals surface area contributed by atoms with E-state index in [4.69, 9.17) is 0 Å². The molecule has 0 radical (unpaired) electrons. The Bertz CT molecular complexity index is 294. The van der Waals surface area contributed by atoms with Gasteiger partial charge in [-0.15, -0.1) is 23.7 Å². The number of nitrogens with one attached hydrogen (secondary N) is 1. The SMILES string of the molecule is CN(Cc1cccs1)CC1(C)CCNC1.Cl. The summed E-state index contributed by atoms with van der Waals surface area (Å²) in [7, 11) is 2.23. The number of halogens is 1. The topological polar surface area (TPSA) is 15.3 Å². The second kappa shape index (κ2) is 6.01. The maximum absolute atomic E-state index is 3.45. The van der Waals surface area contributed by atoms with Crippen molar-refractivity contribution in [3.05, 3.63) is 22.4 Å². The second-order valence-corrected chi connectivity index (χ2v) is 6.02. The molecule has 16 heavy (non-hydrogen) atoms. The predicted molar refractivity (Wildman–Crippen MR) is 73.5 cm³/mol. The Morgan fingerprint density at radius 3 is 2.94 bits per heavy atom. The van der Waals surface area contributed by atoms with Gasteiger partial charge in [0.1, 0.15) is 0 Å². The molecule has 0 aliphatic carbocycles. The molecule has 1 N–H and O–H groups in total. The van der Waals surface area contributed by atoms with Gasteiger partial charge in [-0.2, -0.15) is 0 Å². The minimum absolute atomic E-state index is 0. The fourth-order valence-electron chi connectivity index (χ4n) is 2.38. The van der Waals surface area contributed by atoms with Crippen molar-refractivity contribution in [3.8, 4) is 0 Å². The van der Waals surface area contributed by atoms with Crippen molar-refractivity contribution < 1.29 is 0 Å². The smallest absolute Gasteiger partial charge is 0.0325 e.